The molecule has 0 spiro atoms. The van der Waals surface area contributed by atoms with Crippen molar-refractivity contribution in [3.05, 3.63) is 41.1 Å². The predicted octanol–water partition coefficient (Wildman–Crippen LogP) is 2.97. The molecule has 0 saturated carbocycles. The third kappa shape index (κ3) is 3.04. The highest BCUT2D eigenvalue weighted by atomic mass is 19.4. The third-order valence-corrected chi connectivity index (χ3v) is 4.94. The third-order valence-electron chi connectivity index (χ3n) is 4.94. The van der Waals surface area contributed by atoms with Crippen molar-refractivity contribution in [2.75, 3.05) is 13.2 Å². The molecule has 0 fully saturated rings. The van der Waals surface area contributed by atoms with Crippen LogP contribution in [0.5, 0.6) is 5.75 Å². The van der Waals surface area contributed by atoms with Gasteiger partial charge in [-0.05, 0) is 32.4 Å². The van der Waals surface area contributed by atoms with Gasteiger partial charge in [0, 0.05) is 23.4 Å². The summed E-state index contributed by atoms with van der Waals surface area (Å²) in [6, 6.07) is 2.30. The number of pyridine rings is 2. The van der Waals surface area contributed by atoms with Crippen molar-refractivity contribution in [2.24, 2.45) is 5.73 Å². The van der Waals surface area contributed by atoms with Crippen LogP contribution >= 0.6 is 0 Å². The molecule has 27 heavy (non-hydrogen) atoms. The smallest absolute Gasteiger partial charge is 0.401 e. The fourth-order valence-electron chi connectivity index (χ4n) is 2.94. The fourth-order valence-corrected chi connectivity index (χ4v) is 2.94. The lowest BCUT2D eigenvalue weighted by Gasteiger charge is -2.31. The highest BCUT2D eigenvalue weighted by molar-refractivity contribution is 5.73. The van der Waals surface area contributed by atoms with Crippen molar-refractivity contribution >= 4 is 0 Å². The van der Waals surface area contributed by atoms with E-state index in [0.717, 1.165) is 13.0 Å². The molecule has 2 atom stereocenters. The molecule has 2 unspecified atom stereocenters. The Morgan fingerprint density at radius 1 is 1.33 bits per heavy atom. The Balaban J connectivity index is 2.35. The first-order valence-electron chi connectivity index (χ1n) is 8.18. The molecule has 0 bridgehead atoms. The molecule has 9 heteroatoms. The first kappa shape index (κ1) is 19.5. The first-order valence-corrected chi connectivity index (χ1v) is 8.18. The minimum atomic E-state index is -4.76. The van der Waals surface area contributed by atoms with E-state index in [-0.39, 0.29) is 23.6 Å². The lowest BCUT2D eigenvalue weighted by atomic mass is 9.83. The average Bonchev–Trinajstić information content (AvgIpc) is 2.90. The molecule has 0 saturated heterocycles. The molecule has 0 aliphatic carbocycles. The van der Waals surface area contributed by atoms with Gasteiger partial charge in [-0.3, -0.25) is 0 Å². The number of halogens is 4. The number of aliphatic hydroxyl groups excluding tert-OH is 1. The molecular weight excluding hydrogens is 366 g/mol. The highest BCUT2D eigenvalue weighted by Crippen LogP contribution is 2.47. The largest absolute Gasteiger partial charge is 0.489 e. The Bertz CT molecular complexity index is 899. The molecule has 0 amide bonds. The molecule has 1 aliphatic heterocycles. The lowest BCUT2D eigenvalue weighted by Crippen LogP contribution is -2.44. The Labute approximate surface area is 153 Å². The fraction of sp³-hybridized carbons (Fsp3) is 0.444. The van der Waals surface area contributed by atoms with Crippen LogP contribution in [0, 0.1) is 12.9 Å². The minimum absolute atomic E-state index is 0.0366. The van der Waals surface area contributed by atoms with Crippen LogP contribution in [0.25, 0.3) is 11.3 Å². The van der Waals surface area contributed by atoms with Crippen molar-refractivity contribution in [3.8, 4) is 17.0 Å². The molecule has 146 valence electrons. The average molecular weight is 385 g/mol. The van der Waals surface area contributed by atoms with Gasteiger partial charge in [-0.25, -0.2) is 9.97 Å². The van der Waals surface area contributed by atoms with E-state index in [1.165, 1.54) is 12.3 Å². The number of aryl methyl sites for hydroxylation is 1. The molecule has 2 aromatic heterocycles. The number of aliphatic hydroxyl groups is 1. The molecule has 5 nitrogen and oxygen atoms in total. The van der Waals surface area contributed by atoms with E-state index < -0.39 is 35.4 Å². The van der Waals surface area contributed by atoms with Gasteiger partial charge in [0.05, 0.1) is 17.8 Å². The zero-order valence-electron chi connectivity index (χ0n) is 15.0. The van der Waals surface area contributed by atoms with E-state index in [1.807, 2.05) is 0 Å². The van der Waals surface area contributed by atoms with E-state index >= 15 is 0 Å². The van der Waals surface area contributed by atoms with Crippen LogP contribution in [0.3, 0.4) is 0 Å². The lowest BCUT2D eigenvalue weighted by molar-refractivity contribution is -0.196. The maximum Gasteiger partial charge on any atom is 0.401 e. The summed E-state index contributed by atoms with van der Waals surface area (Å²) in [6.07, 6.45) is -3.50. The number of nitrogens with two attached hydrogens (primary N) is 1. The highest BCUT2D eigenvalue weighted by Gasteiger charge is 2.54. The Kier molecular flexibility index (Phi) is 4.43. The molecular formula is C18H19F4N3O2. The number of hydrogen-bond donors (Lipinski definition) is 2. The zero-order chi connectivity index (χ0) is 20.2. The summed E-state index contributed by atoms with van der Waals surface area (Å²) in [7, 11) is 0. The molecule has 3 N–H and O–H groups in total. The molecule has 2 aromatic rings. The number of nitrogens with zero attached hydrogens (tertiary/aromatic N) is 2. The number of ether oxygens (including phenoxy) is 1. The van der Waals surface area contributed by atoms with Gasteiger partial charge in [0.2, 0.25) is 5.95 Å². The Hall–Kier alpha value is -2.26. The summed E-state index contributed by atoms with van der Waals surface area (Å²) in [5.41, 5.74) is 3.23. The molecule has 1 aliphatic rings. The van der Waals surface area contributed by atoms with Crippen molar-refractivity contribution < 1.29 is 27.4 Å². The van der Waals surface area contributed by atoms with Crippen LogP contribution < -0.4 is 10.5 Å². The van der Waals surface area contributed by atoms with E-state index in [2.05, 4.69) is 9.97 Å². The monoisotopic (exact) mass is 385 g/mol. The van der Waals surface area contributed by atoms with Crippen LogP contribution in [-0.2, 0) is 11.0 Å². The Morgan fingerprint density at radius 3 is 2.59 bits per heavy atom. The van der Waals surface area contributed by atoms with Crippen LogP contribution in [0.15, 0.2) is 18.3 Å². The predicted molar refractivity (Wildman–Crippen MR) is 89.7 cm³/mol. The molecule has 0 radical (unpaired) electrons. The summed E-state index contributed by atoms with van der Waals surface area (Å²) < 4.78 is 60.3. The van der Waals surface area contributed by atoms with Crippen molar-refractivity contribution in [2.45, 2.75) is 37.9 Å². The summed E-state index contributed by atoms with van der Waals surface area (Å²) in [5.74, 6) is -0.592. The van der Waals surface area contributed by atoms with Gasteiger partial charge < -0.3 is 15.6 Å². The second kappa shape index (κ2) is 6.13. The number of fused-ring (bicyclic) bond motifs is 1. The Morgan fingerprint density at radius 2 is 2.00 bits per heavy atom. The number of rotatable bonds is 3. The first-order chi connectivity index (χ1) is 12.4. The summed E-state index contributed by atoms with van der Waals surface area (Å²) >= 11 is 0. The normalized spacial score (nSPS) is 21.5. The van der Waals surface area contributed by atoms with Gasteiger partial charge in [0.25, 0.3) is 0 Å². The van der Waals surface area contributed by atoms with Gasteiger partial charge in [-0.1, -0.05) is 0 Å². The molecule has 0 aromatic carbocycles. The van der Waals surface area contributed by atoms with Gasteiger partial charge >= 0.3 is 6.18 Å². The maximum atomic E-state index is 13.7. The summed E-state index contributed by atoms with van der Waals surface area (Å²) in [6.45, 7) is 2.95. The van der Waals surface area contributed by atoms with Gasteiger partial charge in [0.15, 0.2) is 5.75 Å². The number of hydrogen-bond acceptors (Lipinski definition) is 5. The van der Waals surface area contributed by atoms with E-state index in [4.69, 9.17) is 10.5 Å². The van der Waals surface area contributed by atoms with Crippen molar-refractivity contribution in [3.63, 3.8) is 0 Å². The number of alkyl halides is 3. The van der Waals surface area contributed by atoms with Crippen LogP contribution in [0.4, 0.5) is 17.6 Å². The van der Waals surface area contributed by atoms with Crippen molar-refractivity contribution in [1.82, 2.24) is 9.97 Å². The van der Waals surface area contributed by atoms with E-state index in [9.17, 15) is 22.7 Å². The summed E-state index contributed by atoms with van der Waals surface area (Å²) in [5, 5.41) is 9.52. The van der Waals surface area contributed by atoms with E-state index in [1.54, 1.807) is 13.8 Å². The second-order valence-corrected chi connectivity index (χ2v) is 7.25. The topological polar surface area (TPSA) is 81.3 Å². The summed E-state index contributed by atoms with van der Waals surface area (Å²) in [4.78, 5) is 7.67. The quantitative estimate of drug-likeness (QED) is 0.627. The van der Waals surface area contributed by atoms with Gasteiger partial charge in [-0.15, -0.1) is 0 Å². The van der Waals surface area contributed by atoms with Crippen molar-refractivity contribution in [1.29, 1.82) is 0 Å². The zero-order valence-corrected chi connectivity index (χ0v) is 15.0. The second-order valence-electron chi connectivity index (χ2n) is 7.25. The van der Waals surface area contributed by atoms with Gasteiger partial charge in [-0.2, -0.15) is 17.6 Å². The van der Waals surface area contributed by atoms with Crippen LogP contribution in [0.1, 0.15) is 30.7 Å². The SMILES string of the molecule is Cc1cnc(F)cc1-c1nc(C(C)(CO)C(F)(F)F)cc2c1OCC2(C)N. The van der Waals surface area contributed by atoms with Crippen LogP contribution in [-0.4, -0.2) is 34.5 Å². The van der Waals surface area contributed by atoms with Crippen LogP contribution in [0.2, 0.25) is 0 Å². The molecule has 3 rings (SSSR count). The standard InChI is InChI=1S/C18H19F4N3O2/c1-9-6-24-13(19)4-10(9)14-15-11(17(3,23)8-27-15)5-12(25-14)16(2,7-26)18(20,21)22/h4-6,26H,7-8,23H2,1-3H3. The minimum Gasteiger partial charge on any atom is -0.489 e. The number of aromatic nitrogens is 2. The van der Waals surface area contributed by atoms with Gasteiger partial charge in [0.1, 0.15) is 17.7 Å². The maximum absolute atomic E-state index is 13.7. The van der Waals surface area contributed by atoms with E-state index in [0.29, 0.717) is 11.1 Å². The molecule has 3 heterocycles.